The van der Waals surface area contributed by atoms with E-state index < -0.39 is 0 Å². The molecule has 0 atom stereocenters. The number of carbonyl (C=O) groups is 1. The molecule has 0 saturated carbocycles. The van der Waals surface area contributed by atoms with Gasteiger partial charge in [0, 0.05) is 9.77 Å². The number of nitrogens with one attached hydrogen (secondary N) is 1. The third-order valence-corrected chi connectivity index (χ3v) is 4.11. The summed E-state index contributed by atoms with van der Waals surface area (Å²) >= 11 is 2.19. The topological polar surface area (TPSA) is 42.0 Å². The molecule has 0 fully saturated rings. The summed E-state index contributed by atoms with van der Waals surface area (Å²) in [7, 11) is 0. The van der Waals surface area contributed by atoms with Gasteiger partial charge in [-0.3, -0.25) is 4.79 Å². The fourth-order valence-electron chi connectivity index (χ4n) is 1.61. The number of pyridine rings is 1. The lowest BCUT2D eigenvalue weighted by Gasteiger charge is -2.09. The van der Waals surface area contributed by atoms with Crippen LogP contribution in [-0.2, 0) is 0 Å². The smallest absolute Gasteiger partial charge is 0.257 e. The van der Waals surface area contributed by atoms with Crippen LogP contribution in [0.4, 0.5) is 5.82 Å². The SMILES string of the molecule is Cc1cccnc1NC(=O)c1cccc(C)c1I. The monoisotopic (exact) mass is 352 g/mol. The third kappa shape index (κ3) is 2.69. The van der Waals surface area contributed by atoms with Crippen LogP contribution in [0, 0.1) is 17.4 Å². The Balaban J connectivity index is 2.28. The molecule has 0 aliphatic heterocycles. The number of benzene rings is 1. The highest BCUT2D eigenvalue weighted by molar-refractivity contribution is 14.1. The minimum Gasteiger partial charge on any atom is -0.306 e. The number of halogens is 1. The number of hydrogen-bond donors (Lipinski definition) is 1. The minimum absolute atomic E-state index is 0.120. The van der Waals surface area contributed by atoms with E-state index in [0.717, 1.165) is 14.7 Å². The van der Waals surface area contributed by atoms with Crippen LogP contribution in [-0.4, -0.2) is 10.9 Å². The molecule has 0 spiro atoms. The van der Waals surface area contributed by atoms with Gasteiger partial charge in [0.05, 0.1) is 5.56 Å². The van der Waals surface area contributed by atoms with Gasteiger partial charge in [-0.05, 0) is 59.7 Å². The molecule has 2 aromatic rings. The largest absolute Gasteiger partial charge is 0.306 e. The van der Waals surface area contributed by atoms with Crippen LogP contribution >= 0.6 is 22.6 Å². The zero-order valence-electron chi connectivity index (χ0n) is 10.2. The molecule has 0 radical (unpaired) electrons. The summed E-state index contributed by atoms with van der Waals surface area (Å²) in [5.74, 6) is 0.490. The second-order valence-electron chi connectivity index (χ2n) is 4.06. The summed E-state index contributed by atoms with van der Waals surface area (Å²) < 4.78 is 0.973. The fraction of sp³-hybridized carbons (Fsp3) is 0.143. The van der Waals surface area contributed by atoms with Gasteiger partial charge >= 0.3 is 0 Å². The van der Waals surface area contributed by atoms with Crippen LogP contribution in [0.15, 0.2) is 36.5 Å². The Hall–Kier alpha value is -1.43. The molecule has 1 heterocycles. The van der Waals surface area contributed by atoms with Crippen molar-refractivity contribution < 1.29 is 4.79 Å². The molecule has 2 rings (SSSR count). The van der Waals surface area contributed by atoms with Gasteiger partial charge in [-0.15, -0.1) is 0 Å². The summed E-state index contributed by atoms with van der Waals surface area (Å²) in [5.41, 5.74) is 2.73. The summed E-state index contributed by atoms with van der Waals surface area (Å²) in [6.07, 6.45) is 1.67. The maximum Gasteiger partial charge on any atom is 0.257 e. The van der Waals surface area contributed by atoms with Gasteiger partial charge in [-0.25, -0.2) is 4.98 Å². The Kier molecular flexibility index (Phi) is 3.96. The molecule has 0 unspecified atom stereocenters. The predicted octanol–water partition coefficient (Wildman–Crippen LogP) is 3.56. The third-order valence-electron chi connectivity index (χ3n) is 2.68. The van der Waals surface area contributed by atoms with E-state index in [-0.39, 0.29) is 5.91 Å². The zero-order chi connectivity index (χ0) is 13.1. The van der Waals surface area contributed by atoms with Crippen molar-refractivity contribution in [3.8, 4) is 0 Å². The number of nitrogens with zero attached hydrogens (tertiary/aromatic N) is 1. The van der Waals surface area contributed by atoms with E-state index in [0.29, 0.717) is 11.4 Å². The predicted molar refractivity (Wildman–Crippen MR) is 80.8 cm³/mol. The van der Waals surface area contributed by atoms with Crippen molar-refractivity contribution in [1.29, 1.82) is 0 Å². The lowest BCUT2D eigenvalue weighted by atomic mass is 10.1. The van der Waals surface area contributed by atoms with Gasteiger partial charge in [-0.2, -0.15) is 0 Å². The van der Waals surface area contributed by atoms with E-state index in [2.05, 4.69) is 32.9 Å². The van der Waals surface area contributed by atoms with Crippen molar-refractivity contribution in [3.63, 3.8) is 0 Å². The van der Waals surface area contributed by atoms with Crippen LogP contribution in [0.5, 0.6) is 0 Å². The maximum absolute atomic E-state index is 12.2. The fourth-order valence-corrected chi connectivity index (χ4v) is 2.22. The van der Waals surface area contributed by atoms with Gasteiger partial charge in [0.25, 0.3) is 5.91 Å². The van der Waals surface area contributed by atoms with Crippen LogP contribution < -0.4 is 5.32 Å². The van der Waals surface area contributed by atoms with Gasteiger partial charge < -0.3 is 5.32 Å². The molecule has 0 bridgehead atoms. The molecule has 0 saturated heterocycles. The number of aryl methyl sites for hydroxylation is 2. The van der Waals surface area contributed by atoms with Crippen molar-refractivity contribution in [2.75, 3.05) is 5.32 Å². The number of anilines is 1. The molecule has 0 aliphatic carbocycles. The molecular weight excluding hydrogens is 339 g/mol. The highest BCUT2D eigenvalue weighted by Crippen LogP contribution is 2.18. The van der Waals surface area contributed by atoms with Gasteiger partial charge in [0.2, 0.25) is 0 Å². The highest BCUT2D eigenvalue weighted by atomic mass is 127. The molecule has 1 aromatic carbocycles. The van der Waals surface area contributed by atoms with Gasteiger partial charge in [-0.1, -0.05) is 18.2 Å². The van der Waals surface area contributed by atoms with Gasteiger partial charge in [0.1, 0.15) is 5.82 Å². The van der Waals surface area contributed by atoms with Crippen molar-refractivity contribution in [3.05, 3.63) is 56.8 Å². The number of carbonyl (C=O) groups excluding carboxylic acids is 1. The highest BCUT2D eigenvalue weighted by Gasteiger charge is 2.12. The first-order valence-electron chi connectivity index (χ1n) is 5.57. The van der Waals surface area contributed by atoms with Crippen molar-refractivity contribution in [2.45, 2.75) is 13.8 Å². The molecule has 1 amide bonds. The number of rotatable bonds is 2. The normalized spacial score (nSPS) is 10.2. The van der Waals surface area contributed by atoms with Gasteiger partial charge in [0.15, 0.2) is 0 Å². The van der Waals surface area contributed by atoms with Crippen molar-refractivity contribution in [2.24, 2.45) is 0 Å². The van der Waals surface area contributed by atoms with Crippen LogP contribution in [0.2, 0.25) is 0 Å². The molecule has 4 heteroatoms. The first kappa shape index (κ1) is 13.0. The summed E-state index contributed by atoms with van der Waals surface area (Å²) in [6, 6.07) is 9.47. The van der Waals surface area contributed by atoms with E-state index in [1.807, 2.05) is 44.2 Å². The van der Waals surface area contributed by atoms with Crippen LogP contribution in [0.3, 0.4) is 0 Å². The van der Waals surface area contributed by atoms with Crippen LogP contribution in [0.25, 0.3) is 0 Å². The lowest BCUT2D eigenvalue weighted by Crippen LogP contribution is -2.15. The standard InChI is InChI=1S/C14H13IN2O/c1-9-5-3-7-11(12(9)15)14(18)17-13-10(2)6-4-8-16-13/h3-8H,1-2H3,(H,16,17,18). The molecule has 1 N–H and O–H groups in total. The molecule has 3 nitrogen and oxygen atoms in total. The molecular formula is C14H13IN2O. The Labute approximate surface area is 120 Å². The Morgan fingerprint density at radius 2 is 1.89 bits per heavy atom. The van der Waals surface area contributed by atoms with E-state index in [1.165, 1.54) is 0 Å². The van der Waals surface area contributed by atoms with Crippen molar-refractivity contribution in [1.82, 2.24) is 4.98 Å². The average molecular weight is 352 g/mol. The number of amides is 1. The van der Waals surface area contributed by atoms with Crippen molar-refractivity contribution >= 4 is 34.3 Å². The van der Waals surface area contributed by atoms with E-state index >= 15 is 0 Å². The first-order chi connectivity index (χ1) is 8.59. The average Bonchev–Trinajstić information content (AvgIpc) is 2.35. The molecule has 1 aromatic heterocycles. The summed E-state index contributed by atoms with van der Waals surface area (Å²) in [4.78, 5) is 16.3. The summed E-state index contributed by atoms with van der Waals surface area (Å²) in [6.45, 7) is 3.91. The Bertz CT molecular complexity index is 596. The molecule has 0 aliphatic rings. The Morgan fingerprint density at radius 3 is 2.61 bits per heavy atom. The minimum atomic E-state index is -0.120. The molecule has 92 valence electrons. The summed E-state index contributed by atoms with van der Waals surface area (Å²) in [5, 5.41) is 2.84. The van der Waals surface area contributed by atoms with E-state index in [4.69, 9.17) is 0 Å². The van der Waals surface area contributed by atoms with E-state index in [9.17, 15) is 4.79 Å². The van der Waals surface area contributed by atoms with E-state index in [1.54, 1.807) is 6.20 Å². The molecule has 18 heavy (non-hydrogen) atoms. The maximum atomic E-state index is 12.2. The Morgan fingerprint density at radius 1 is 1.17 bits per heavy atom. The number of aromatic nitrogens is 1. The first-order valence-corrected chi connectivity index (χ1v) is 6.65. The quantitative estimate of drug-likeness (QED) is 0.840. The number of hydrogen-bond acceptors (Lipinski definition) is 2. The second kappa shape index (κ2) is 5.48. The lowest BCUT2D eigenvalue weighted by molar-refractivity contribution is 0.102. The zero-order valence-corrected chi connectivity index (χ0v) is 12.4. The van der Waals surface area contributed by atoms with Crippen LogP contribution in [0.1, 0.15) is 21.5 Å². The second-order valence-corrected chi connectivity index (χ2v) is 5.14.